The average Bonchev–Trinajstić information content (AvgIpc) is 2.57. The van der Waals surface area contributed by atoms with Crippen LogP contribution in [0, 0.1) is 13.8 Å². The van der Waals surface area contributed by atoms with Crippen LogP contribution in [0.3, 0.4) is 0 Å². The Labute approximate surface area is 141 Å². The number of ether oxygens (including phenoxy) is 3. The third-order valence-corrected chi connectivity index (χ3v) is 3.93. The van der Waals surface area contributed by atoms with Crippen LogP contribution in [-0.4, -0.2) is 31.4 Å². The topological polar surface area (TPSA) is 65.0 Å². The first-order chi connectivity index (χ1) is 11.4. The lowest BCUT2D eigenvalue weighted by molar-refractivity contribution is -0.145. The zero-order valence-electron chi connectivity index (χ0n) is 14.3. The summed E-state index contributed by atoms with van der Waals surface area (Å²) in [6.07, 6.45) is -0.851. The van der Waals surface area contributed by atoms with E-state index in [4.69, 9.17) is 14.2 Å². The number of hydrogen-bond acceptors (Lipinski definition) is 4. The van der Waals surface area contributed by atoms with Crippen LogP contribution in [0.5, 0.6) is 17.2 Å². The van der Waals surface area contributed by atoms with Gasteiger partial charge in [0, 0.05) is 12.0 Å². The van der Waals surface area contributed by atoms with E-state index in [1.165, 1.54) is 0 Å². The second kappa shape index (κ2) is 7.73. The van der Waals surface area contributed by atoms with Crippen molar-refractivity contribution in [3.63, 3.8) is 0 Å². The molecule has 5 nitrogen and oxygen atoms in total. The van der Waals surface area contributed by atoms with Crippen molar-refractivity contribution in [2.24, 2.45) is 0 Å². The molecule has 2 aromatic carbocycles. The van der Waals surface area contributed by atoms with Crippen LogP contribution >= 0.6 is 0 Å². The number of carboxylic acid groups (broad SMARTS) is 1. The summed E-state index contributed by atoms with van der Waals surface area (Å²) in [5, 5.41) is 9.51. The van der Waals surface area contributed by atoms with E-state index in [-0.39, 0.29) is 6.42 Å². The van der Waals surface area contributed by atoms with E-state index in [1.807, 2.05) is 26.0 Å². The highest BCUT2D eigenvalue weighted by atomic mass is 16.5. The molecule has 1 N–H and O–H groups in total. The summed E-state index contributed by atoms with van der Waals surface area (Å²) < 4.78 is 16.2. The molecule has 1 unspecified atom stereocenters. The number of rotatable bonds is 7. The van der Waals surface area contributed by atoms with E-state index in [2.05, 4.69) is 0 Å². The molecule has 128 valence electrons. The first-order valence-corrected chi connectivity index (χ1v) is 7.62. The molecule has 0 amide bonds. The first kappa shape index (κ1) is 17.7. The SMILES string of the molecule is COc1ccc(OC)c(CC(Oc2ccc(C)c(C)c2)C(=O)O)c1. The fraction of sp³-hybridized carbons (Fsp3) is 0.316. The highest BCUT2D eigenvalue weighted by molar-refractivity contribution is 5.73. The van der Waals surface area contributed by atoms with Gasteiger partial charge in [-0.1, -0.05) is 6.07 Å². The summed E-state index contributed by atoms with van der Waals surface area (Å²) in [5.41, 5.74) is 2.90. The number of carboxylic acids is 1. The van der Waals surface area contributed by atoms with Crippen LogP contribution in [0.15, 0.2) is 36.4 Å². The fourth-order valence-corrected chi connectivity index (χ4v) is 2.37. The lowest BCUT2D eigenvalue weighted by Crippen LogP contribution is -2.29. The molecule has 0 aliphatic rings. The molecule has 0 fully saturated rings. The van der Waals surface area contributed by atoms with Gasteiger partial charge in [-0.15, -0.1) is 0 Å². The summed E-state index contributed by atoms with van der Waals surface area (Å²) in [4.78, 5) is 11.6. The van der Waals surface area contributed by atoms with Crippen LogP contribution < -0.4 is 14.2 Å². The Morgan fingerprint density at radius 1 is 1.00 bits per heavy atom. The van der Waals surface area contributed by atoms with E-state index in [0.29, 0.717) is 22.8 Å². The van der Waals surface area contributed by atoms with Gasteiger partial charge in [0.1, 0.15) is 17.2 Å². The number of benzene rings is 2. The maximum Gasteiger partial charge on any atom is 0.345 e. The van der Waals surface area contributed by atoms with Crippen LogP contribution in [0.4, 0.5) is 0 Å². The van der Waals surface area contributed by atoms with E-state index in [1.54, 1.807) is 38.5 Å². The molecule has 2 rings (SSSR count). The normalized spacial score (nSPS) is 11.7. The fourth-order valence-electron chi connectivity index (χ4n) is 2.37. The molecule has 0 bridgehead atoms. The van der Waals surface area contributed by atoms with Gasteiger partial charge in [0.2, 0.25) is 0 Å². The van der Waals surface area contributed by atoms with Gasteiger partial charge in [0.15, 0.2) is 6.10 Å². The van der Waals surface area contributed by atoms with Gasteiger partial charge in [0.05, 0.1) is 14.2 Å². The number of methoxy groups -OCH3 is 2. The van der Waals surface area contributed by atoms with E-state index in [0.717, 1.165) is 11.1 Å². The largest absolute Gasteiger partial charge is 0.497 e. The summed E-state index contributed by atoms with van der Waals surface area (Å²) in [6.45, 7) is 3.96. The van der Waals surface area contributed by atoms with Crippen LogP contribution in [0.1, 0.15) is 16.7 Å². The smallest absolute Gasteiger partial charge is 0.345 e. The molecule has 2 aromatic rings. The molecule has 24 heavy (non-hydrogen) atoms. The maximum absolute atomic E-state index is 11.6. The monoisotopic (exact) mass is 330 g/mol. The highest BCUT2D eigenvalue weighted by Gasteiger charge is 2.22. The second-order valence-electron chi connectivity index (χ2n) is 5.57. The molecular formula is C19H22O5. The minimum atomic E-state index is -1.03. The second-order valence-corrected chi connectivity index (χ2v) is 5.57. The Kier molecular flexibility index (Phi) is 5.68. The van der Waals surface area contributed by atoms with Crippen molar-refractivity contribution in [2.45, 2.75) is 26.4 Å². The van der Waals surface area contributed by atoms with Gasteiger partial charge in [-0.2, -0.15) is 0 Å². The predicted octanol–water partition coefficient (Wildman–Crippen LogP) is 3.40. The van der Waals surface area contributed by atoms with Crippen molar-refractivity contribution >= 4 is 5.97 Å². The zero-order valence-corrected chi connectivity index (χ0v) is 14.3. The zero-order chi connectivity index (χ0) is 17.7. The molecule has 0 aliphatic carbocycles. The lowest BCUT2D eigenvalue weighted by Gasteiger charge is -2.18. The number of aliphatic carboxylic acids is 1. The summed E-state index contributed by atoms with van der Waals surface area (Å²) in [6, 6.07) is 10.8. The summed E-state index contributed by atoms with van der Waals surface area (Å²) in [5.74, 6) is 0.748. The minimum Gasteiger partial charge on any atom is -0.497 e. The highest BCUT2D eigenvalue weighted by Crippen LogP contribution is 2.26. The number of aryl methyl sites for hydroxylation is 2. The Morgan fingerprint density at radius 2 is 1.71 bits per heavy atom. The number of carbonyl (C=O) groups is 1. The van der Waals surface area contributed by atoms with Crippen LogP contribution in [0.25, 0.3) is 0 Å². The molecule has 0 radical (unpaired) electrons. The van der Waals surface area contributed by atoms with Gasteiger partial charge in [0.25, 0.3) is 0 Å². The van der Waals surface area contributed by atoms with E-state index in [9.17, 15) is 9.90 Å². The maximum atomic E-state index is 11.6. The van der Waals surface area contributed by atoms with Gasteiger partial charge in [-0.3, -0.25) is 0 Å². The lowest BCUT2D eigenvalue weighted by atomic mass is 10.1. The summed E-state index contributed by atoms with van der Waals surface area (Å²) >= 11 is 0. The Balaban J connectivity index is 2.25. The van der Waals surface area contributed by atoms with Gasteiger partial charge in [-0.25, -0.2) is 4.79 Å². The van der Waals surface area contributed by atoms with E-state index < -0.39 is 12.1 Å². The molecule has 0 saturated heterocycles. The van der Waals surface area contributed by atoms with Crippen molar-refractivity contribution in [3.05, 3.63) is 53.1 Å². The molecule has 0 aliphatic heterocycles. The third-order valence-electron chi connectivity index (χ3n) is 3.93. The number of hydrogen-bond donors (Lipinski definition) is 1. The van der Waals surface area contributed by atoms with E-state index >= 15 is 0 Å². The average molecular weight is 330 g/mol. The molecule has 0 saturated carbocycles. The third kappa shape index (κ3) is 4.19. The first-order valence-electron chi connectivity index (χ1n) is 7.62. The van der Waals surface area contributed by atoms with Gasteiger partial charge < -0.3 is 19.3 Å². The molecule has 0 aromatic heterocycles. The van der Waals surface area contributed by atoms with Crippen molar-refractivity contribution in [1.29, 1.82) is 0 Å². The Morgan fingerprint density at radius 3 is 2.29 bits per heavy atom. The van der Waals surface area contributed by atoms with Gasteiger partial charge in [-0.05, 0) is 55.3 Å². The molecule has 0 spiro atoms. The van der Waals surface area contributed by atoms with Crippen molar-refractivity contribution in [1.82, 2.24) is 0 Å². The standard InChI is InChI=1S/C19H22O5/c1-12-5-6-16(9-13(12)2)24-18(19(20)21)11-14-10-15(22-3)7-8-17(14)23-4/h5-10,18H,11H2,1-4H3,(H,20,21). The van der Waals surface area contributed by atoms with Crippen molar-refractivity contribution in [2.75, 3.05) is 14.2 Å². The molecule has 5 heteroatoms. The molecular weight excluding hydrogens is 308 g/mol. The Bertz CT molecular complexity index is 724. The van der Waals surface area contributed by atoms with Crippen LogP contribution in [0.2, 0.25) is 0 Å². The Hall–Kier alpha value is -2.69. The molecule has 1 atom stereocenters. The predicted molar refractivity (Wildman–Crippen MR) is 91.2 cm³/mol. The van der Waals surface area contributed by atoms with Crippen molar-refractivity contribution < 1.29 is 24.1 Å². The quantitative estimate of drug-likeness (QED) is 0.843. The van der Waals surface area contributed by atoms with Crippen LogP contribution in [-0.2, 0) is 11.2 Å². The minimum absolute atomic E-state index is 0.169. The molecule has 0 heterocycles. The van der Waals surface area contributed by atoms with Gasteiger partial charge >= 0.3 is 5.97 Å². The summed E-state index contributed by atoms with van der Waals surface area (Å²) in [7, 11) is 3.11. The van der Waals surface area contributed by atoms with Crippen molar-refractivity contribution in [3.8, 4) is 17.2 Å².